The lowest BCUT2D eigenvalue weighted by atomic mass is 9.73. The Morgan fingerprint density at radius 3 is 2.33 bits per heavy atom. The van der Waals surface area contributed by atoms with Crippen molar-refractivity contribution in [2.24, 2.45) is 11.7 Å². The van der Waals surface area contributed by atoms with Crippen LogP contribution in [0, 0.1) is 17.6 Å². The average molecular weight is 531 g/mol. The number of halogens is 5. The van der Waals surface area contributed by atoms with Gasteiger partial charge in [0.15, 0.2) is 9.84 Å². The Bertz CT molecular complexity index is 1340. The van der Waals surface area contributed by atoms with E-state index in [9.17, 15) is 35.6 Å². The monoisotopic (exact) mass is 530 g/mol. The molecule has 2 aromatic carbocycles. The van der Waals surface area contributed by atoms with Crippen molar-refractivity contribution in [3.63, 3.8) is 0 Å². The van der Waals surface area contributed by atoms with E-state index >= 15 is 4.39 Å². The summed E-state index contributed by atoms with van der Waals surface area (Å²) in [7, 11) is -3.66. The van der Waals surface area contributed by atoms with Gasteiger partial charge in [0.05, 0.1) is 10.5 Å². The van der Waals surface area contributed by atoms with Gasteiger partial charge in [0.25, 0.3) is 5.91 Å². The highest BCUT2D eigenvalue weighted by Crippen LogP contribution is 2.54. The maximum atomic E-state index is 15.1. The van der Waals surface area contributed by atoms with E-state index in [1.54, 1.807) is 0 Å². The molecule has 2 atom stereocenters. The number of alkyl halides is 3. The molecular weight excluding hydrogens is 507 g/mol. The molecule has 4 rings (SSSR count). The molecule has 1 saturated heterocycles. The molecule has 1 aliphatic carbocycles. The van der Waals surface area contributed by atoms with E-state index in [4.69, 9.17) is 5.73 Å². The lowest BCUT2D eigenvalue weighted by Crippen LogP contribution is -2.60. The zero-order valence-corrected chi connectivity index (χ0v) is 19.9. The SMILES string of the molecule is CS(=O)(=O)c1cccc(C(=O)N2CCC[C@@]2(C(N)=O)[C@@H](c2cc(F)c(C(F)(F)F)cc2F)C2CC2)c1. The molecule has 194 valence electrons. The van der Waals surface area contributed by atoms with Crippen LogP contribution in [-0.2, 0) is 20.8 Å². The van der Waals surface area contributed by atoms with Gasteiger partial charge in [-0.05, 0) is 67.5 Å². The van der Waals surface area contributed by atoms with E-state index in [2.05, 4.69) is 0 Å². The summed E-state index contributed by atoms with van der Waals surface area (Å²) >= 11 is 0. The van der Waals surface area contributed by atoms with Crippen LogP contribution in [0.2, 0.25) is 0 Å². The highest BCUT2D eigenvalue weighted by molar-refractivity contribution is 7.90. The zero-order chi connectivity index (χ0) is 26.6. The third-order valence-corrected chi connectivity index (χ3v) is 8.05. The van der Waals surface area contributed by atoms with Crippen molar-refractivity contribution in [3.05, 3.63) is 64.7 Å². The Hall–Kier alpha value is -3.02. The highest BCUT2D eigenvalue weighted by atomic mass is 32.2. The maximum Gasteiger partial charge on any atom is 0.419 e. The van der Waals surface area contributed by atoms with Gasteiger partial charge in [-0.1, -0.05) is 6.07 Å². The number of amides is 2. The maximum absolute atomic E-state index is 15.1. The number of nitrogens with two attached hydrogens (primary N) is 1. The molecule has 2 N–H and O–H groups in total. The smallest absolute Gasteiger partial charge is 0.368 e. The number of hydrogen-bond donors (Lipinski definition) is 1. The second-order valence-corrected chi connectivity index (χ2v) is 11.3. The van der Waals surface area contributed by atoms with Crippen LogP contribution in [0.5, 0.6) is 0 Å². The highest BCUT2D eigenvalue weighted by Gasteiger charge is 2.59. The largest absolute Gasteiger partial charge is 0.419 e. The Morgan fingerprint density at radius 1 is 1.11 bits per heavy atom. The van der Waals surface area contributed by atoms with Gasteiger partial charge in [-0.15, -0.1) is 0 Å². The minimum atomic E-state index is -5.13. The van der Waals surface area contributed by atoms with Crippen LogP contribution in [0.4, 0.5) is 22.0 Å². The number of sulfone groups is 1. The van der Waals surface area contributed by atoms with Gasteiger partial charge < -0.3 is 10.6 Å². The Kier molecular flexibility index (Phi) is 6.39. The fourth-order valence-electron chi connectivity index (χ4n) is 5.22. The van der Waals surface area contributed by atoms with Gasteiger partial charge >= 0.3 is 6.18 Å². The molecule has 2 fully saturated rings. The Labute approximate surface area is 204 Å². The van der Waals surface area contributed by atoms with Crippen molar-refractivity contribution in [1.29, 1.82) is 0 Å². The summed E-state index contributed by atoms with van der Waals surface area (Å²) in [6.07, 6.45) is -2.94. The zero-order valence-electron chi connectivity index (χ0n) is 19.1. The van der Waals surface area contributed by atoms with Crippen LogP contribution in [-0.4, -0.2) is 43.5 Å². The van der Waals surface area contributed by atoms with Gasteiger partial charge in [-0.3, -0.25) is 9.59 Å². The number of carbonyl (C=O) groups is 2. The lowest BCUT2D eigenvalue weighted by Gasteiger charge is -2.43. The number of likely N-dealkylation sites (tertiary alicyclic amines) is 1. The minimum Gasteiger partial charge on any atom is -0.368 e. The first-order valence-electron chi connectivity index (χ1n) is 11.2. The summed E-state index contributed by atoms with van der Waals surface area (Å²) in [4.78, 5) is 27.6. The van der Waals surface area contributed by atoms with Crippen LogP contribution in [0.3, 0.4) is 0 Å². The van der Waals surface area contributed by atoms with E-state index in [1.165, 1.54) is 18.2 Å². The third-order valence-electron chi connectivity index (χ3n) is 6.94. The first-order chi connectivity index (χ1) is 16.7. The van der Waals surface area contributed by atoms with Crippen molar-refractivity contribution in [2.75, 3.05) is 12.8 Å². The third kappa shape index (κ3) is 4.46. The van der Waals surface area contributed by atoms with E-state index in [0.29, 0.717) is 18.9 Å². The van der Waals surface area contributed by atoms with Crippen LogP contribution in [0.1, 0.15) is 53.1 Å². The molecule has 0 aromatic heterocycles. The lowest BCUT2D eigenvalue weighted by molar-refractivity contribution is -0.140. The predicted octanol–water partition coefficient (Wildman–Crippen LogP) is 4.04. The van der Waals surface area contributed by atoms with Crippen molar-refractivity contribution in [2.45, 2.75) is 48.2 Å². The standard InChI is InChI=1S/C24H23F5N2O4S/c1-36(34,35)15-5-2-4-14(10-15)21(32)31-9-3-8-23(31,22(30)33)20(13-6-7-13)16-11-19(26)17(12-18(16)25)24(27,28)29/h2,4-5,10-13,20H,3,6-9H2,1H3,(H2,30,33)/t20-,23+/m1/s1. The topological polar surface area (TPSA) is 97.5 Å². The molecule has 0 bridgehead atoms. The second kappa shape index (κ2) is 8.82. The quantitative estimate of drug-likeness (QED) is 0.570. The number of primary amides is 1. The molecule has 2 aromatic rings. The van der Waals surface area contributed by atoms with E-state index in [1.807, 2.05) is 0 Å². The van der Waals surface area contributed by atoms with Gasteiger partial charge in [-0.2, -0.15) is 13.2 Å². The van der Waals surface area contributed by atoms with Crippen LogP contribution in [0.25, 0.3) is 0 Å². The van der Waals surface area contributed by atoms with Crippen LogP contribution in [0.15, 0.2) is 41.3 Å². The molecule has 1 saturated carbocycles. The summed E-state index contributed by atoms with van der Waals surface area (Å²) in [5.74, 6) is -6.38. The van der Waals surface area contributed by atoms with Crippen LogP contribution >= 0.6 is 0 Å². The van der Waals surface area contributed by atoms with Crippen molar-refractivity contribution in [1.82, 2.24) is 4.90 Å². The first kappa shape index (κ1) is 26.1. The van der Waals surface area contributed by atoms with Gasteiger partial charge in [0.2, 0.25) is 5.91 Å². The molecule has 12 heteroatoms. The van der Waals surface area contributed by atoms with E-state index in [0.717, 1.165) is 17.2 Å². The molecule has 0 radical (unpaired) electrons. The summed E-state index contributed by atoms with van der Waals surface area (Å²) in [5.41, 5.74) is 1.68. The Balaban J connectivity index is 1.85. The number of nitrogens with zero attached hydrogens (tertiary/aromatic N) is 1. The van der Waals surface area contributed by atoms with Crippen LogP contribution < -0.4 is 5.73 Å². The number of rotatable bonds is 6. The fraction of sp³-hybridized carbons (Fsp3) is 0.417. The molecular formula is C24H23F5N2O4S. The molecule has 6 nitrogen and oxygen atoms in total. The second-order valence-electron chi connectivity index (χ2n) is 9.32. The molecule has 0 unspecified atom stereocenters. The number of carbonyl (C=O) groups excluding carboxylic acids is 2. The molecule has 2 aliphatic rings. The normalized spacial score (nSPS) is 21.4. The summed E-state index contributed by atoms with van der Waals surface area (Å²) in [6, 6.07) is 5.65. The molecule has 1 heterocycles. The van der Waals surface area contributed by atoms with Gasteiger partial charge in [0, 0.05) is 24.3 Å². The number of hydrogen-bond acceptors (Lipinski definition) is 4. The fourth-order valence-corrected chi connectivity index (χ4v) is 5.89. The van der Waals surface area contributed by atoms with E-state index in [-0.39, 0.29) is 35.9 Å². The molecule has 2 amide bonds. The Morgan fingerprint density at radius 2 is 1.78 bits per heavy atom. The first-order valence-corrected chi connectivity index (χ1v) is 13.0. The summed E-state index contributed by atoms with van der Waals surface area (Å²) in [5, 5.41) is 0. The summed E-state index contributed by atoms with van der Waals surface area (Å²) in [6.45, 7) is 0.0127. The molecule has 0 spiro atoms. The van der Waals surface area contributed by atoms with Gasteiger partial charge in [-0.25, -0.2) is 17.2 Å². The number of benzene rings is 2. The van der Waals surface area contributed by atoms with Crippen molar-refractivity contribution >= 4 is 21.7 Å². The minimum absolute atomic E-state index is 0.0108. The van der Waals surface area contributed by atoms with E-state index < -0.39 is 68.0 Å². The van der Waals surface area contributed by atoms with Crippen molar-refractivity contribution in [3.8, 4) is 0 Å². The van der Waals surface area contributed by atoms with Crippen molar-refractivity contribution < 1.29 is 40.0 Å². The molecule has 36 heavy (non-hydrogen) atoms. The molecule has 1 aliphatic heterocycles. The average Bonchev–Trinajstić information content (AvgIpc) is 3.51. The van der Waals surface area contributed by atoms with Gasteiger partial charge in [0.1, 0.15) is 17.2 Å². The predicted molar refractivity (Wildman–Crippen MR) is 119 cm³/mol. The summed E-state index contributed by atoms with van der Waals surface area (Å²) < 4.78 is 93.0.